The highest BCUT2D eigenvalue weighted by atomic mass is 32.1. The number of thiophene rings is 1. The standard InChI is InChI=1S/C14H15N5OS/c15-12-10-3-6-16-9-11(10)21-13(12)14(20)17-4-1-7-19-8-2-5-18-19/h2-3,5-6,8-9H,1,4,7,15H2,(H,17,20). The van der Waals surface area contributed by atoms with Crippen LogP contribution in [0, 0.1) is 0 Å². The van der Waals surface area contributed by atoms with Crippen LogP contribution in [-0.4, -0.2) is 27.2 Å². The Hall–Kier alpha value is -2.41. The molecule has 7 heteroatoms. The van der Waals surface area contributed by atoms with Gasteiger partial charge in [-0.1, -0.05) is 0 Å². The van der Waals surface area contributed by atoms with Gasteiger partial charge >= 0.3 is 0 Å². The van der Waals surface area contributed by atoms with Crippen LogP contribution in [0.15, 0.2) is 36.9 Å². The Balaban J connectivity index is 1.60. The molecule has 0 atom stereocenters. The fourth-order valence-electron chi connectivity index (χ4n) is 2.10. The lowest BCUT2D eigenvalue weighted by Gasteiger charge is -2.04. The lowest BCUT2D eigenvalue weighted by Crippen LogP contribution is -2.25. The maximum atomic E-state index is 12.2. The summed E-state index contributed by atoms with van der Waals surface area (Å²) in [6, 6.07) is 3.71. The largest absolute Gasteiger partial charge is 0.397 e. The van der Waals surface area contributed by atoms with E-state index in [4.69, 9.17) is 5.73 Å². The summed E-state index contributed by atoms with van der Waals surface area (Å²) < 4.78 is 2.77. The third kappa shape index (κ3) is 2.87. The average Bonchev–Trinajstić information content (AvgIpc) is 3.12. The summed E-state index contributed by atoms with van der Waals surface area (Å²) in [4.78, 5) is 16.8. The topological polar surface area (TPSA) is 85.8 Å². The second-order valence-electron chi connectivity index (χ2n) is 4.60. The van der Waals surface area contributed by atoms with Crippen molar-refractivity contribution in [2.75, 3.05) is 12.3 Å². The van der Waals surface area contributed by atoms with Crippen LogP contribution in [-0.2, 0) is 6.54 Å². The number of carbonyl (C=O) groups is 1. The zero-order valence-corrected chi connectivity index (χ0v) is 12.1. The van der Waals surface area contributed by atoms with Crippen LogP contribution in [0.4, 0.5) is 5.69 Å². The van der Waals surface area contributed by atoms with Gasteiger partial charge in [0.2, 0.25) is 0 Å². The summed E-state index contributed by atoms with van der Waals surface area (Å²) in [6.45, 7) is 1.36. The van der Waals surface area contributed by atoms with Gasteiger partial charge in [-0.25, -0.2) is 0 Å². The molecule has 6 nitrogen and oxygen atoms in total. The molecule has 0 bridgehead atoms. The number of nitrogens with zero attached hydrogens (tertiary/aromatic N) is 3. The molecule has 0 spiro atoms. The van der Waals surface area contributed by atoms with Gasteiger partial charge < -0.3 is 11.1 Å². The first-order chi connectivity index (χ1) is 10.3. The van der Waals surface area contributed by atoms with Crippen molar-refractivity contribution < 1.29 is 4.79 Å². The van der Waals surface area contributed by atoms with Crippen LogP contribution in [0.5, 0.6) is 0 Å². The van der Waals surface area contributed by atoms with Crippen LogP contribution in [0.3, 0.4) is 0 Å². The number of nitrogen functional groups attached to an aromatic ring is 1. The van der Waals surface area contributed by atoms with E-state index in [1.165, 1.54) is 11.3 Å². The molecule has 0 radical (unpaired) electrons. The van der Waals surface area contributed by atoms with E-state index in [0.29, 0.717) is 17.1 Å². The molecule has 108 valence electrons. The Morgan fingerprint density at radius 2 is 2.33 bits per heavy atom. The second-order valence-corrected chi connectivity index (χ2v) is 5.65. The third-order valence-corrected chi connectivity index (χ3v) is 4.30. The quantitative estimate of drug-likeness (QED) is 0.705. The van der Waals surface area contributed by atoms with Gasteiger partial charge in [0.25, 0.3) is 5.91 Å². The number of pyridine rings is 1. The second kappa shape index (κ2) is 5.92. The molecule has 0 aliphatic carbocycles. The van der Waals surface area contributed by atoms with E-state index in [9.17, 15) is 4.79 Å². The third-order valence-electron chi connectivity index (χ3n) is 3.15. The maximum absolute atomic E-state index is 12.2. The van der Waals surface area contributed by atoms with Gasteiger partial charge in [-0.05, 0) is 18.6 Å². The van der Waals surface area contributed by atoms with Crippen LogP contribution < -0.4 is 11.1 Å². The summed E-state index contributed by atoms with van der Waals surface area (Å²) in [5, 5.41) is 7.89. The van der Waals surface area contributed by atoms with Crippen LogP contribution in [0.1, 0.15) is 16.1 Å². The number of nitrogens with one attached hydrogen (secondary N) is 1. The number of rotatable bonds is 5. The van der Waals surface area contributed by atoms with Crippen molar-refractivity contribution in [1.82, 2.24) is 20.1 Å². The lowest BCUT2D eigenvalue weighted by atomic mass is 10.2. The van der Waals surface area contributed by atoms with Crippen LogP contribution in [0.25, 0.3) is 10.1 Å². The minimum atomic E-state index is -0.130. The van der Waals surface area contributed by atoms with Gasteiger partial charge in [0.1, 0.15) is 4.88 Å². The molecule has 0 saturated carbocycles. The van der Waals surface area contributed by atoms with Gasteiger partial charge in [0.15, 0.2) is 0 Å². The highest BCUT2D eigenvalue weighted by Crippen LogP contribution is 2.32. The fraction of sp³-hybridized carbons (Fsp3) is 0.214. The van der Waals surface area contributed by atoms with Gasteiger partial charge in [-0.3, -0.25) is 14.5 Å². The van der Waals surface area contributed by atoms with Crippen molar-refractivity contribution in [3.63, 3.8) is 0 Å². The molecule has 3 heterocycles. The minimum Gasteiger partial charge on any atom is -0.397 e. The molecule has 0 fully saturated rings. The summed E-state index contributed by atoms with van der Waals surface area (Å²) >= 11 is 1.37. The van der Waals surface area contributed by atoms with Crippen molar-refractivity contribution in [3.8, 4) is 0 Å². The molecular formula is C14H15N5OS. The summed E-state index contributed by atoms with van der Waals surface area (Å²) in [5.74, 6) is -0.130. The zero-order valence-electron chi connectivity index (χ0n) is 11.3. The molecule has 0 aliphatic heterocycles. The Morgan fingerprint density at radius 1 is 1.43 bits per heavy atom. The Morgan fingerprint density at radius 3 is 3.10 bits per heavy atom. The first-order valence-corrected chi connectivity index (χ1v) is 7.45. The molecule has 0 saturated heterocycles. The van der Waals surface area contributed by atoms with Gasteiger partial charge in [-0.2, -0.15) is 5.10 Å². The molecule has 0 aliphatic rings. The predicted molar refractivity (Wildman–Crippen MR) is 83.2 cm³/mol. The molecule has 3 N–H and O–H groups in total. The number of hydrogen-bond donors (Lipinski definition) is 2. The number of aromatic nitrogens is 3. The van der Waals surface area contributed by atoms with E-state index in [0.717, 1.165) is 23.1 Å². The number of fused-ring (bicyclic) bond motifs is 1. The summed E-state index contributed by atoms with van der Waals surface area (Å²) in [7, 11) is 0. The summed E-state index contributed by atoms with van der Waals surface area (Å²) in [5.41, 5.74) is 6.56. The first kappa shape index (κ1) is 13.6. The average molecular weight is 301 g/mol. The van der Waals surface area contributed by atoms with E-state index < -0.39 is 0 Å². The molecule has 1 amide bonds. The molecular weight excluding hydrogens is 286 g/mol. The Labute approximate surface area is 125 Å². The molecule has 21 heavy (non-hydrogen) atoms. The predicted octanol–water partition coefficient (Wildman–Crippen LogP) is 1.90. The number of carbonyl (C=O) groups excluding carboxylic acids is 1. The zero-order chi connectivity index (χ0) is 14.7. The number of nitrogens with two attached hydrogens (primary N) is 1. The van der Waals surface area contributed by atoms with Gasteiger partial charge in [-0.15, -0.1) is 11.3 Å². The van der Waals surface area contributed by atoms with Crippen molar-refractivity contribution in [2.24, 2.45) is 0 Å². The lowest BCUT2D eigenvalue weighted by molar-refractivity contribution is 0.0957. The molecule has 0 unspecified atom stereocenters. The van der Waals surface area contributed by atoms with Crippen molar-refractivity contribution in [3.05, 3.63) is 41.8 Å². The molecule has 3 rings (SSSR count). The molecule has 3 aromatic heterocycles. The van der Waals surface area contributed by atoms with Gasteiger partial charge in [0.05, 0.1) is 10.4 Å². The van der Waals surface area contributed by atoms with E-state index >= 15 is 0 Å². The van der Waals surface area contributed by atoms with E-state index in [2.05, 4.69) is 15.4 Å². The van der Waals surface area contributed by atoms with Crippen molar-refractivity contribution >= 4 is 33.0 Å². The number of amides is 1. The van der Waals surface area contributed by atoms with E-state index in [-0.39, 0.29) is 5.91 Å². The minimum absolute atomic E-state index is 0.130. The Kier molecular flexibility index (Phi) is 3.83. The highest BCUT2D eigenvalue weighted by molar-refractivity contribution is 7.21. The van der Waals surface area contributed by atoms with Crippen molar-refractivity contribution in [1.29, 1.82) is 0 Å². The van der Waals surface area contributed by atoms with Gasteiger partial charge in [0, 0.05) is 43.3 Å². The maximum Gasteiger partial charge on any atom is 0.263 e. The number of hydrogen-bond acceptors (Lipinski definition) is 5. The first-order valence-electron chi connectivity index (χ1n) is 6.63. The smallest absolute Gasteiger partial charge is 0.263 e. The monoisotopic (exact) mass is 301 g/mol. The van der Waals surface area contributed by atoms with Crippen LogP contribution in [0.2, 0.25) is 0 Å². The van der Waals surface area contributed by atoms with Crippen LogP contribution >= 0.6 is 11.3 Å². The normalized spacial score (nSPS) is 10.9. The SMILES string of the molecule is Nc1c(C(=O)NCCCn2cccn2)sc2cnccc12. The van der Waals surface area contributed by atoms with E-state index in [1.807, 2.05) is 23.0 Å². The number of anilines is 1. The van der Waals surface area contributed by atoms with Crippen molar-refractivity contribution in [2.45, 2.75) is 13.0 Å². The Bertz CT molecular complexity index is 750. The summed E-state index contributed by atoms with van der Waals surface area (Å²) in [6.07, 6.45) is 7.87. The fourth-order valence-corrected chi connectivity index (χ4v) is 3.10. The number of aryl methyl sites for hydroxylation is 1. The molecule has 3 aromatic rings. The van der Waals surface area contributed by atoms with E-state index in [1.54, 1.807) is 18.6 Å². The molecule has 0 aromatic carbocycles. The highest BCUT2D eigenvalue weighted by Gasteiger charge is 2.15.